The van der Waals surface area contributed by atoms with E-state index in [-0.39, 0.29) is 18.7 Å². The monoisotopic (exact) mass is 281 g/mol. The zero-order valence-electron chi connectivity index (χ0n) is 10.1. The fourth-order valence-corrected chi connectivity index (χ4v) is 3.15. The third-order valence-electron chi connectivity index (χ3n) is 2.81. The maximum absolute atomic E-state index is 13.7. The van der Waals surface area contributed by atoms with Crippen molar-refractivity contribution in [1.29, 1.82) is 0 Å². The minimum atomic E-state index is -3.49. The molecule has 0 aromatic carbocycles. The highest BCUT2D eigenvalue weighted by Gasteiger charge is 2.47. The normalized spacial score (nSPS) is 24.2. The third-order valence-corrected chi connectivity index (χ3v) is 4.53. The second kappa shape index (κ2) is 5.21. The van der Waals surface area contributed by atoms with E-state index in [1.165, 1.54) is 0 Å². The fourth-order valence-electron chi connectivity index (χ4n) is 1.82. The van der Waals surface area contributed by atoms with Crippen LogP contribution in [-0.4, -0.2) is 60.6 Å². The molecule has 0 aromatic heterocycles. The van der Waals surface area contributed by atoms with Gasteiger partial charge in [-0.3, -0.25) is 4.79 Å². The van der Waals surface area contributed by atoms with Gasteiger partial charge in [0.15, 0.2) is 9.84 Å². The molecule has 0 spiro atoms. The lowest BCUT2D eigenvalue weighted by Crippen LogP contribution is -2.40. The highest BCUT2D eigenvalue weighted by molar-refractivity contribution is 7.92. The van der Waals surface area contributed by atoms with E-state index < -0.39 is 39.7 Å². The summed E-state index contributed by atoms with van der Waals surface area (Å²) in [7, 11) is -3.49. The maximum Gasteiger partial charge on any atom is 0.343 e. The van der Waals surface area contributed by atoms with Crippen LogP contribution in [0.15, 0.2) is 0 Å². The predicted molar refractivity (Wildman–Crippen MR) is 61.6 cm³/mol. The number of hydrogen-bond acceptors (Lipinski definition) is 4. The van der Waals surface area contributed by atoms with Gasteiger partial charge in [-0.25, -0.2) is 17.6 Å². The average Bonchev–Trinajstić information content (AvgIpc) is 2.61. The van der Waals surface area contributed by atoms with Crippen LogP contribution in [0.2, 0.25) is 0 Å². The summed E-state index contributed by atoms with van der Waals surface area (Å²) in [5.74, 6) is -3.14. The first-order valence-corrected chi connectivity index (χ1v) is 7.43. The Labute approximate surface area is 105 Å². The molecule has 1 rings (SSSR count). The molecule has 18 heavy (non-hydrogen) atoms. The number of halogens is 1. The lowest BCUT2D eigenvalue weighted by molar-refractivity contribution is -0.150. The molecule has 0 aromatic rings. The van der Waals surface area contributed by atoms with Crippen molar-refractivity contribution in [2.45, 2.75) is 25.4 Å². The minimum Gasteiger partial charge on any atom is -0.479 e. The molecule has 1 unspecified atom stereocenters. The smallest absolute Gasteiger partial charge is 0.343 e. The van der Waals surface area contributed by atoms with Gasteiger partial charge in [-0.05, 0) is 6.42 Å². The summed E-state index contributed by atoms with van der Waals surface area (Å²) >= 11 is 0. The molecule has 1 heterocycles. The molecule has 0 bridgehead atoms. The Bertz CT molecular complexity index is 449. The first kappa shape index (κ1) is 14.9. The van der Waals surface area contributed by atoms with Gasteiger partial charge in [-0.15, -0.1) is 0 Å². The van der Waals surface area contributed by atoms with Crippen molar-refractivity contribution in [2.24, 2.45) is 0 Å². The average molecular weight is 281 g/mol. The highest BCUT2D eigenvalue weighted by atomic mass is 32.2. The van der Waals surface area contributed by atoms with Crippen LogP contribution in [-0.2, 0) is 19.4 Å². The molecule has 104 valence electrons. The standard InChI is InChI=1S/C10H16FNO5S/c1-2-5-18(16,17)6-8(13)12-4-3-10(11,7-12)9(14)15/h2-7H2,1H3,(H,14,15). The van der Waals surface area contributed by atoms with Crippen molar-refractivity contribution in [3.63, 3.8) is 0 Å². The summed E-state index contributed by atoms with van der Waals surface area (Å²) in [6.07, 6.45) is 0.0969. The Morgan fingerprint density at radius 3 is 2.50 bits per heavy atom. The summed E-state index contributed by atoms with van der Waals surface area (Å²) in [5, 5.41) is 8.66. The first-order chi connectivity index (χ1) is 8.20. The van der Waals surface area contributed by atoms with E-state index in [4.69, 9.17) is 5.11 Å². The quantitative estimate of drug-likeness (QED) is 0.755. The summed E-state index contributed by atoms with van der Waals surface area (Å²) in [5.41, 5.74) is -2.45. The SMILES string of the molecule is CCCS(=O)(=O)CC(=O)N1CCC(F)(C(=O)O)C1. The summed E-state index contributed by atoms with van der Waals surface area (Å²) in [6.45, 7) is 1.03. The highest BCUT2D eigenvalue weighted by Crippen LogP contribution is 2.26. The topological polar surface area (TPSA) is 91.8 Å². The zero-order valence-corrected chi connectivity index (χ0v) is 10.9. The van der Waals surface area contributed by atoms with E-state index in [0.717, 1.165) is 4.90 Å². The molecule has 1 saturated heterocycles. The predicted octanol–water partition coefficient (Wildman–Crippen LogP) is -0.164. The van der Waals surface area contributed by atoms with Crippen LogP contribution >= 0.6 is 0 Å². The number of aliphatic carboxylic acids is 1. The number of carbonyl (C=O) groups excluding carboxylic acids is 1. The Kier molecular flexibility index (Phi) is 4.31. The molecule has 6 nitrogen and oxygen atoms in total. The van der Waals surface area contributed by atoms with Crippen LogP contribution in [0, 0.1) is 0 Å². The zero-order chi connectivity index (χ0) is 14.0. The Balaban J connectivity index is 2.64. The van der Waals surface area contributed by atoms with Gasteiger partial charge in [0.05, 0.1) is 12.3 Å². The van der Waals surface area contributed by atoms with Crippen molar-refractivity contribution in [2.75, 3.05) is 24.6 Å². The van der Waals surface area contributed by atoms with E-state index in [0.29, 0.717) is 6.42 Å². The molecular weight excluding hydrogens is 265 g/mol. The maximum atomic E-state index is 13.7. The molecule has 1 N–H and O–H groups in total. The molecule has 0 saturated carbocycles. The number of sulfone groups is 1. The molecule has 0 aliphatic carbocycles. The van der Waals surface area contributed by atoms with Crippen molar-refractivity contribution in [3.8, 4) is 0 Å². The van der Waals surface area contributed by atoms with Crippen LogP contribution in [0.3, 0.4) is 0 Å². The van der Waals surface area contributed by atoms with E-state index in [2.05, 4.69) is 0 Å². The number of nitrogens with zero attached hydrogens (tertiary/aromatic N) is 1. The lowest BCUT2D eigenvalue weighted by atomic mass is 10.1. The van der Waals surface area contributed by atoms with Gasteiger partial charge in [0.1, 0.15) is 5.75 Å². The van der Waals surface area contributed by atoms with Crippen LogP contribution in [0.25, 0.3) is 0 Å². The number of rotatable bonds is 5. The van der Waals surface area contributed by atoms with Crippen molar-refractivity contribution >= 4 is 21.7 Å². The summed E-state index contributed by atoms with van der Waals surface area (Å²) in [4.78, 5) is 23.2. The number of likely N-dealkylation sites (tertiary alicyclic amines) is 1. The van der Waals surface area contributed by atoms with Crippen molar-refractivity contribution in [3.05, 3.63) is 0 Å². The van der Waals surface area contributed by atoms with E-state index in [1.54, 1.807) is 6.92 Å². The van der Waals surface area contributed by atoms with Gasteiger partial charge in [0, 0.05) is 13.0 Å². The molecule has 1 amide bonds. The van der Waals surface area contributed by atoms with Crippen LogP contribution in [0.1, 0.15) is 19.8 Å². The molecular formula is C10H16FNO5S. The van der Waals surface area contributed by atoms with Crippen molar-refractivity contribution in [1.82, 2.24) is 4.90 Å². The number of amides is 1. The number of carbonyl (C=O) groups is 2. The van der Waals surface area contributed by atoms with Crippen LogP contribution < -0.4 is 0 Å². The van der Waals surface area contributed by atoms with Gasteiger partial charge >= 0.3 is 5.97 Å². The number of carboxylic acids is 1. The molecule has 1 aliphatic heterocycles. The molecule has 1 fully saturated rings. The second-order valence-electron chi connectivity index (χ2n) is 4.43. The van der Waals surface area contributed by atoms with Crippen LogP contribution in [0.5, 0.6) is 0 Å². The largest absolute Gasteiger partial charge is 0.479 e. The first-order valence-electron chi connectivity index (χ1n) is 5.61. The third kappa shape index (κ3) is 3.41. The minimum absolute atomic E-state index is 0.0662. The molecule has 8 heteroatoms. The second-order valence-corrected chi connectivity index (χ2v) is 6.61. The fraction of sp³-hybridized carbons (Fsp3) is 0.800. The number of alkyl halides is 1. The molecule has 0 radical (unpaired) electrons. The Morgan fingerprint density at radius 1 is 1.44 bits per heavy atom. The van der Waals surface area contributed by atoms with E-state index >= 15 is 0 Å². The van der Waals surface area contributed by atoms with Gasteiger partial charge < -0.3 is 10.0 Å². The molecule has 1 atom stereocenters. The summed E-state index contributed by atoms with van der Waals surface area (Å²) in [6, 6.07) is 0. The van der Waals surface area contributed by atoms with Crippen LogP contribution in [0.4, 0.5) is 4.39 Å². The van der Waals surface area contributed by atoms with E-state index in [1.807, 2.05) is 0 Å². The Morgan fingerprint density at radius 2 is 2.06 bits per heavy atom. The molecule has 1 aliphatic rings. The lowest BCUT2D eigenvalue weighted by Gasteiger charge is -2.17. The summed E-state index contributed by atoms with van der Waals surface area (Å²) < 4.78 is 36.6. The Hall–Kier alpha value is -1.18. The number of hydrogen-bond donors (Lipinski definition) is 1. The van der Waals surface area contributed by atoms with Gasteiger partial charge in [-0.1, -0.05) is 6.92 Å². The van der Waals surface area contributed by atoms with E-state index in [9.17, 15) is 22.4 Å². The van der Waals surface area contributed by atoms with Crippen molar-refractivity contribution < 1.29 is 27.5 Å². The van der Waals surface area contributed by atoms with Gasteiger partial charge in [0.25, 0.3) is 0 Å². The van der Waals surface area contributed by atoms with Gasteiger partial charge in [-0.2, -0.15) is 0 Å². The van der Waals surface area contributed by atoms with Gasteiger partial charge in [0.2, 0.25) is 11.6 Å². The number of carboxylic acid groups (broad SMARTS) is 1.